The third-order valence-corrected chi connectivity index (χ3v) is 3.72. The topological polar surface area (TPSA) is 69.9 Å². The van der Waals surface area contributed by atoms with Crippen LogP contribution >= 0.6 is 0 Å². The highest BCUT2D eigenvalue weighted by Crippen LogP contribution is 2.18. The normalized spacial score (nSPS) is 11.5. The second-order valence-corrected chi connectivity index (χ2v) is 5.96. The molecule has 0 fully saturated rings. The average Bonchev–Trinajstić information content (AvgIpc) is 2.65. The molecule has 1 aromatic carbocycles. The second-order valence-electron chi connectivity index (χ2n) is 5.96. The summed E-state index contributed by atoms with van der Waals surface area (Å²) >= 11 is 0. The molecule has 0 N–H and O–H groups in total. The quantitative estimate of drug-likeness (QED) is 0.622. The van der Waals surface area contributed by atoms with E-state index in [1.807, 2.05) is 0 Å². The maximum Gasteiger partial charge on any atom is 0.422 e. The largest absolute Gasteiger partial charge is 0.454 e. The number of benzene rings is 1. The number of alkyl halides is 3. The molecular weight excluding hydrogens is 380 g/mol. The van der Waals surface area contributed by atoms with Crippen LogP contribution in [0.1, 0.15) is 11.1 Å². The van der Waals surface area contributed by atoms with Crippen LogP contribution in [0.5, 0.6) is 6.01 Å². The Bertz CT molecular complexity index is 1030. The van der Waals surface area contributed by atoms with Crippen molar-refractivity contribution in [2.45, 2.75) is 19.6 Å². The number of halogens is 4. The highest BCUT2D eigenvalue weighted by Gasteiger charge is 2.28. The zero-order valence-electron chi connectivity index (χ0n) is 14.6. The number of aromatic nitrogens is 4. The number of rotatable bonds is 5. The van der Waals surface area contributed by atoms with Gasteiger partial charge in [0.1, 0.15) is 5.82 Å². The molecule has 0 bridgehead atoms. The Morgan fingerprint density at radius 2 is 1.82 bits per heavy atom. The van der Waals surface area contributed by atoms with E-state index in [1.54, 1.807) is 19.1 Å². The lowest BCUT2D eigenvalue weighted by Gasteiger charge is -2.09. The SMILES string of the molecule is Cc1ccc(Cn2nc(-c3cnc(OCC(F)(F)F)nc3)ccc2=O)cc1F. The fourth-order valence-corrected chi connectivity index (χ4v) is 2.29. The first-order chi connectivity index (χ1) is 13.2. The average molecular weight is 394 g/mol. The van der Waals surface area contributed by atoms with Crippen LogP contribution in [0.15, 0.2) is 47.5 Å². The van der Waals surface area contributed by atoms with Crippen LogP contribution < -0.4 is 10.3 Å². The van der Waals surface area contributed by atoms with Crippen LogP contribution in [-0.4, -0.2) is 32.5 Å². The zero-order chi connectivity index (χ0) is 20.3. The van der Waals surface area contributed by atoms with Gasteiger partial charge in [-0.3, -0.25) is 4.79 Å². The van der Waals surface area contributed by atoms with Gasteiger partial charge in [-0.15, -0.1) is 0 Å². The first-order valence-corrected chi connectivity index (χ1v) is 8.06. The predicted octanol–water partition coefficient (Wildman–Crippen LogP) is 3.14. The van der Waals surface area contributed by atoms with Crippen LogP contribution in [0.3, 0.4) is 0 Å². The Labute approximate surface area is 156 Å². The summed E-state index contributed by atoms with van der Waals surface area (Å²) in [5, 5.41) is 4.19. The van der Waals surface area contributed by atoms with Gasteiger partial charge in [0.2, 0.25) is 0 Å². The van der Waals surface area contributed by atoms with Gasteiger partial charge in [-0.05, 0) is 30.2 Å². The van der Waals surface area contributed by atoms with Crippen molar-refractivity contribution in [3.63, 3.8) is 0 Å². The molecular formula is C18H14F4N4O2. The minimum atomic E-state index is -4.49. The van der Waals surface area contributed by atoms with E-state index in [0.717, 1.165) is 4.68 Å². The molecule has 0 saturated carbocycles. The molecule has 0 atom stereocenters. The van der Waals surface area contributed by atoms with Crippen molar-refractivity contribution in [3.05, 3.63) is 70.0 Å². The van der Waals surface area contributed by atoms with Crippen LogP contribution in [-0.2, 0) is 6.54 Å². The maximum absolute atomic E-state index is 13.7. The summed E-state index contributed by atoms with van der Waals surface area (Å²) in [4.78, 5) is 19.5. The van der Waals surface area contributed by atoms with Gasteiger partial charge in [0, 0.05) is 24.0 Å². The van der Waals surface area contributed by atoms with Crippen molar-refractivity contribution in [1.82, 2.24) is 19.7 Å². The van der Waals surface area contributed by atoms with Gasteiger partial charge in [0.15, 0.2) is 6.61 Å². The molecule has 0 unspecified atom stereocenters. The minimum absolute atomic E-state index is 0.0531. The molecule has 10 heteroatoms. The first-order valence-electron chi connectivity index (χ1n) is 8.06. The van der Waals surface area contributed by atoms with E-state index in [1.165, 1.54) is 30.6 Å². The van der Waals surface area contributed by atoms with E-state index in [4.69, 9.17) is 0 Å². The molecule has 0 aliphatic carbocycles. The van der Waals surface area contributed by atoms with Crippen LogP contribution in [0.25, 0.3) is 11.3 Å². The number of hydrogen-bond donors (Lipinski definition) is 0. The van der Waals surface area contributed by atoms with Gasteiger partial charge in [0.25, 0.3) is 5.56 Å². The second kappa shape index (κ2) is 7.75. The Morgan fingerprint density at radius 1 is 1.11 bits per heavy atom. The van der Waals surface area contributed by atoms with Gasteiger partial charge in [-0.2, -0.15) is 18.3 Å². The molecule has 0 aliphatic heterocycles. The number of aryl methyl sites for hydroxylation is 1. The summed E-state index contributed by atoms with van der Waals surface area (Å²) in [5.41, 5.74) is 1.36. The molecule has 0 aliphatic rings. The lowest BCUT2D eigenvalue weighted by atomic mass is 10.1. The number of hydrogen-bond acceptors (Lipinski definition) is 5. The lowest BCUT2D eigenvalue weighted by molar-refractivity contribution is -0.154. The number of nitrogens with zero attached hydrogens (tertiary/aromatic N) is 4. The van der Waals surface area contributed by atoms with Crippen molar-refractivity contribution < 1.29 is 22.3 Å². The van der Waals surface area contributed by atoms with Gasteiger partial charge in [-0.1, -0.05) is 12.1 Å². The molecule has 0 saturated heterocycles. The molecule has 3 aromatic rings. The van der Waals surface area contributed by atoms with E-state index in [2.05, 4.69) is 19.8 Å². The highest BCUT2D eigenvalue weighted by atomic mass is 19.4. The highest BCUT2D eigenvalue weighted by molar-refractivity contribution is 5.55. The summed E-state index contributed by atoms with van der Waals surface area (Å²) in [6.45, 7) is 0.187. The Balaban J connectivity index is 1.80. The van der Waals surface area contributed by atoms with Gasteiger partial charge >= 0.3 is 12.2 Å². The minimum Gasteiger partial charge on any atom is -0.454 e. The Hall–Kier alpha value is -3.30. The molecule has 2 heterocycles. The number of ether oxygens (including phenoxy) is 1. The molecule has 0 radical (unpaired) electrons. The fraction of sp³-hybridized carbons (Fsp3) is 0.222. The molecule has 146 valence electrons. The van der Waals surface area contributed by atoms with Crippen molar-refractivity contribution in [1.29, 1.82) is 0 Å². The van der Waals surface area contributed by atoms with Crippen molar-refractivity contribution in [3.8, 4) is 17.3 Å². The van der Waals surface area contributed by atoms with Crippen LogP contribution in [0, 0.1) is 12.7 Å². The summed E-state index contributed by atoms with van der Waals surface area (Å²) in [7, 11) is 0. The third kappa shape index (κ3) is 4.90. The molecule has 3 rings (SSSR count). The van der Waals surface area contributed by atoms with E-state index in [9.17, 15) is 22.4 Å². The Kier molecular flexibility index (Phi) is 5.39. The monoisotopic (exact) mass is 394 g/mol. The van der Waals surface area contributed by atoms with Crippen molar-refractivity contribution in [2.24, 2.45) is 0 Å². The van der Waals surface area contributed by atoms with E-state index >= 15 is 0 Å². The van der Waals surface area contributed by atoms with Crippen molar-refractivity contribution >= 4 is 0 Å². The standard InChI is InChI=1S/C18H14F4N4O2/c1-11-2-3-12(6-14(11)19)9-26-16(27)5-4-15(25-26)13-7-23-17(24-8-13)28-10-18(20,21)22/h2-8H,9-10H2,1H3. The first kappa shape index (κ1) is 19.5. The lowest BCUT2D eigenvalue weighted by Crippen LogP contribution is -2.23. The summed E-state index contributed by atoms with van der Waals surface area (Å²) in [6.07, 6.45) is -2.02. The molecule has 2 aromatic heterocycles. The van der Waals surface area contributed by atoms with Gasteiger partial charge < -0.3 is 4.74 Å². The molecule has 0 amide bonds. The zero-order valence-corrected chi connectivity index (χ0v) is 14.6. The van der Waals surface area contributed by atoms with Gasteiger partial charge in [0.05, 0.1) is 12.2 Å². The molecule has 0 spiro atoms. The smallest absolute Gasteiger partial charge is 0.422 e. The Morgan fingerprint density at radius 3 is 2.46 bits per heavy atom. The van der Waals surface area contributed by atoms with E-state index < -0.39 is 24.4 Å². The summed E-state index contributed by atoms with van der Waals surface area (Å²) < 4.78 is 55.7. The fourth-order valence-electron chi connectivity index (χ4n) is 2.29. The predicted molar refractivity (Wildman–Crippen MR) is 91.3 cm³/mol. The van der Waals surface area contributed by atoms with Crippen molar-refractivity contribution in [2.75, 3.05) is 6.61 Å². The summed E-state index contributed by atoms with van der Waals surface area (Å²) in [5.74, 6) is -0.385. The van der Waals surface area contributed by atoms with Crippen LogP contribution in [0.2, 0.25) is 0 Å². The van der Waals surface area contributed by atoms with E-state index in [0.29, 0.717) is 22.4 Å². The molecule has 28 heavy (non-hydrogen) atoms. The van der Waals surface area contributed by atoms with Gasteiger partial charge in [-0.25, -0.2) is 19.0 Å². The summed E-state index contributed by atoms with van der Waals surface area (Å²) in [6, 6.07) is 6.91. The maximum atomic E-state index is 13.7. The molecule has 6 nitrogen and oxygen atoms in total. The van der Waals surface area contributed by atoms with E-state index in [-0.39, 0.29) is 12.4 Å². The van der Waals surface area contributed by atoms with Crippen LogP contribution in [0.4, 0.5) is 17.6 Å². The third-order valence-electron chi connectivity index (χ3n) is 3.72.